The van der Waals surface area contributed by atoms with Crippen LogP contribution < -0.4 is 5.32 Å². The first-order chi connectivity index (χ1) is 6.79. The van der Waals surface area contributed by atoms with Crippen LogP contribution in [-0.4, -0.2) is 32.1 Å². The van der Waals surface area contributed by atoms with Crippen LogP contribution in [0, 0.1) is 12.3 Å². The van der Waals surface area contributed by atoms with Crippen LogP contribution >= 0.6 is 0 Å². The Labute approximate surface area is 87.2 Å². The van der Waals surface area contributed by atoms with Gasteiger partial charge in [-0.2, -0.15) is 0 Å². The lowest BCUT2D eigenvalue weighted by Gasteiger charge is -2.25. The van der Waals surface area contributed by atoms with Crippen LogP contribution in [-0.2, 0) is 9.47 Å². The highest BCUT2D eigenvalue weighted by Crippen LogP contribution is 2.05. The van der Waals surface area contributed by atoms with Gasteiger partial charge in [-0.1, -0.05) is 6.92 Å². The zero-order valence-corrected chi connectivity index (χ0v) is 9.38. The van der Waals surface area contributed by atoms with E-state index in [1.807, 2.05) is 20.8 Å². The third kappa shape index (κ3) is 5.23. The molecule has 3 nitrogen and oxygen atoms in total. The highest BCUT2D eigenvalue weighted by molar-refractivity contribution is 4.91. The molecule has 0 aromatic carbocycles. The summed E-state index contributed by atoms with van der Waals surface area (Å²) >= 11 is 0. The normalized spacial score (nSPS) is 12.8. The summed E-state index contributed by atoms with van der Waals surface area (Å²) in [4.78, 5) is 0. The van der Waals surface area contributed by atoms with Crippen molar-refractivity contribution in [3.8, 4) is 12.3 Å². The molecule has 82 valence electrons. The molecule has 0 aromatic heterocycles. The molecular weight excluding hydrogens is 178 g/mol. The SMILES string of the molecule is C#CCC(NCC)C(OCC)OCC. The summed E-state index contributed by atoms with van der Waals surface area (Å²) in [6.07, 6.45) is 5.68. The van der Waals surface area contributed by atoms with Crippen LogP contribution in [0.15, 0.2) is 0 Å². The van der Waals surface area contributed by atoms with Gasteiger partial charge in [0.2, 0.25) is 0 Å². The van der Waals surface area contributed by atoms with Gasteiger partial charge in [0.15, 0.2) is 6.29 Å². The molecule has 1 unspecified atom stereocenters. The Morgan fingerprint density at radius 3 is 2.14 bits per heavy atom. The summed E-state index contributed by atoms with van der Waals surface area (Å²) in [5.74, 6) is 2.63. The molecule has 1 N–H and O–H groups in total. The van der Waals surface area contributed by atoms with E-state index >= 15 is 0 Å². The first kappa shape index (κ1) is 13.4. The van der Waals surface area contributed by atoms with E-state index in [1.54, 1.807) is 0 Å². The Morgan fingerprint density at radius 1 is 1.21 bits per heavy atom. The third-order valence-corrected chi connectivity index (χ3v) is 1.79. The molecule has 0 saturated carbocycles. The first-order valence-corrected chi connectivity index (χ1v) is 5.20. The van der Waals surface area contributed by atoms with Crippen molar-refractivity contribution in [1.82, 2.24) is 5.32 Å². The number of rotatable bonds is 8. The van der Waals surface area contributed by atoms with Crippen molar-refractivity contribution in [3.05, 3.63) is 0 Å². The fraction of sp³-hybridized carbons (Fsp3) is 0.818. The molecule has 0 bridgehead atoms. The average Bonchev–Trinajstić information content (AvgIpc) is 2.17. The fourth-order valence-corrected chi connectivity index (χ4v) is 1.26. The summed E-state index contributed by atoms with van der Waals surface area (Å²) in [7, 11) is 0. The third-order valence-electron chi connectivity index (χ3n) is 1.79. The number of hydrogen-bond acceptors (Lipinski definition) is 3. The first-order valence-electron chi connectivity index (χ1n) is 5.20. The van der Waals surface area contributed by atoms with Crippen molar-refractivity contribution in [1.29, 1.82) is 0 Å². The van der Waals surface area contributed by atoms with Crippen LogP contribution in [0.25, 0.3) is 0 Å². The van der Waals surface area contributed by atoms with Gasteiger partial charge in [-0.3, -0.25) is 0 Å². The summed E-state index contributed by atoms with van der Waals surface area (Å²) in [5, 5.41) is 3.26. The van der Waals surface area contributed by atoms with Crippen LogP contribution in [0.2, 0.25) is 0 Å². The minimum atomic E-state index is -0.235. The van der Waals surface area contributed by atoms with Gasteiger partial charge in [0, 0.05) is 19.6 Å². The van der Waals surface area contributed by atoms with Crippen LogP contribution in [0.1, 0.15) is 27.2 Å². The second-order valence-corrected chi connectivity index (χ2v) is 2.85. The van der Waals surface area contributed by atoms with Gasteiger partial charge >= 0.3 is 0 Å². The molecule has 0 saturated heterocycles. The maximum Gasteiger partial charge on any atom is 0.173 e. The lowest BCUT2D eigenvalue weighted by atomic mass is 10.2. The number of likely N-dealkylation sites (N-methyl/N-ethyl adjacent to an activating group) is 1. The largest absolute Gasteiger partial charge is 0.351 e. The van der Waals surface area contributed by atoms with E-state index in [0.717, 1.165) is 6.54 Å². The average molecular weight is 199 g/mol. The van der Waals surface area contributed by atoms with E-state index in [2.05, 4.69) is 11.2 Å². The molecular formula is C11H21NO2. The molecule has 0 spiro atoms. The highest BCUT2D eigenvalue weighted by Gasteiger charge is 2.20. The molecule has 0 aliphatic heterocycles. The standard InChI is InChI=1S/C11H21NO2/c1-5-9-10(12-6-2)11(13-7-3)14-8-4/h1,10-12H,6-9H2,2-4H3. The predicted octanol–water partition coefficient (Wildman–Crippen LogP) is 1.39. The number of nitrogens with one attached hydrogen (secondary N) is 1. The Morgan fingerprint density at radius 2 is 1.79 bits per heavy atom. The van der Waals surface area contributed by atoms with E-state index in [-0.39, 0.29) is 12.3 Å². The van der Waals surface area contributed by atoms with Crippen molar-refractivity contribution in [3.63, 3.8) is 0 Å². The molecule has 3 heteroatoms. The number of hydrogen-bond donors (Lipinski definition) is 1. The van der Waals surface area contributed by atoms with Gasteiger partial charge in [0.25, 0.3) is 0 Å². The van der Waals surface area contributed by atoms with E-state index in [1.165, 1.54) is 0 Å². The van der Waals surface area contributed by atoms with Crippen molar-refractivity contribution in [2.24, 2.45) is 0 Å². The molecule has 0 rings (SSSR count). The Balaban J connectivity index is 4.14. The smallest absolute Gasteiger partial charge is 0.173 e. The number of terminal acetylenes is 1. The van der Waals surface area contributed by atoms with Crippen LogP contribution in [0.3, 0.4) is 0 Å². The lowest BCUT2D eigenvalue weighted by Crippen LogP contribution is -2.42. The molecule has 0 amide bonds. The van der Waals surface area contributed by atoms with Crippen molar-refractivity contribution < 1.29 is 9.47 Å². The molecule has 1 atom stereocenters. The van der Waals surface area contributed by atoms with Crippen molar-refractivity contribution in [2.45, 2.75) is 39.5 Å². The zero-order chi connectivity index (χ0) is 10.8. The maximum atomic E-state index is 5.47. The second kappa shape index (κ2) is 9.01. The summed E-state index contributed by atoms with van der Waals surface area (Å²) in [6, 6.07) is 0.0879. The van der Waals surface area contributed by atoms with Crippen molar-refractivity contribution >= 4 is 0 Å². The van der Waals surface area contributed by atoms with Gasteiger partial charge in [-0.15, -0.1) is 12.3 Å². The molecule has 14 heavy (non-hydrogen) atoms. The van der Waals surface area contributed by atoms with Gasteiger partial charge in [0.05, 0.1) is 6.04 Å². The van der Waals surface area contributed by atoms with E-state index in [4.69, 9.17) is 15.9 Å². The number of ether oxygens (including phenoxy) is 2. The molecule has 0 fully saturated rings. The quantitative estimate of drug-likeness (QED) is 0.473. The minimum absolute atomic E-state index is 0.0879. The Bertz CT molecular complexity index is 159. The lowest BCUT2D eigenvalue weighted by molar-refractivity contribution is -0.152. The summed E-state index contributed by atoms with van der Waals surface area (Å²) in [6.45, 7) is 8.07. The van der Waals surface area contributed by atoms with E-state index < -0.39 is 0 Å². The molecule has 0 aromatic rings. The Kier molecular flexibility index (Phi) is 8.65. The molecule has 0 aliphatic rings. The molecule has 0 radical (unpaired) electrons. The minimum Gasteiger partial charge on any atom is -0.351 e. The zero-order valence-electron chi connectivity index (χ0n) is 9.38. The fourth-order valence-electron chi connectivity index (χ4n) is 1.26. The molecule has 0 aliphatic carbocycles. The van der Waals surface area contributed by atoms with Gasteiger partial charge < -0.3 is 14.8 Å². The highest BCUT2D eigenvalue weighted by atomic mass is 16.7. The molecule has 0 heterocycles. The van der Waals surface area contributed by atoms with Crippen LogP contribution in [0.5, 0.6) is 0 Å². The summed E-state index contributed by atoms with van der Waals surface area (Å²) in [5.41, 5.74) is 0. The van der Waals surface area contributed by atoms with E-state index in [0.29, 0.717) is 19.6 Å². The van der Waals surface area contributed by atoms with Gasteiger partial charge in [-0.25, -0.2) is 0 Å². The Hall–Kier alpha value is -0.560. The topological polar surface area (TPSA) is 30.5 Å². The van der Waals surface area contributed by atoms with Crippen LogP contribution in [0.4, 0.5) is 0 Å². The monoisotopic (exact) mass is 199 g/mol. The van der Waals surface area contributed by atoms with Gasteiger partial charge in [-0.05, 0) is 20.4 Å². The predicted molar refractivity (Wildman–Crippen MR) is 58.0 cm³/mol. The maximum absolute atomic E-state index is 5.47. The van der Waals surface area contributed by atoms with Crippen molar-refractivity contribution in [2.75, 3.05) is 19.8 Å². The summed E-state index contributed by atoms with van der Waals surface area (Å²) < 4.78 is 10.9. The van der Waals surface area contributed by atoms with E-state index in [9.17, 15) is 0 Å². The second-order valence-electron chi connectivity index (χ2n) is 2.85. The van der Waals surface area contributed by atoms with Gasteiger partial charge in [0.1, 0.15) is 0 Å².